The van der Waals surface area contributed by atoms with Crippen molar-refractivity contribution in [2.75, 3.05) is 7.05 Å². The smallest absolute Gasteiger partial charge is 0.0412 e. The standard InChI is InChI=1S/C13H14ClNS/c1-9(15-2)12-6-7-13(16-12)10-4-3-5-11(14)8-10/h3-9,15H,1-2H3. The van der Waals surface area contributed by atoms with Crippen molar-refractivity contribution in [2.24, 2.45) is 0 Å². The molecule has 0 amide bonds. The maximum absolute atomic E-state index is 5.98. The SMILES string of the molecule is CNC(C)c1ccc(-c2cccc(Cl)c2)s1. The van der Waals surface area contributed by atoms with Crippen LogP contribution in [0.3, 0.4) is 0 Å². The molecule has 0 aliphatic heterocycles. The van der Waals surface area contributed by atoms with Crippen molar-refractivity contribution in [1.29, 1.82) is 0 Å². The molecule has 3 heteroatoms. The van der Waals surface area contributed by atoms with Gasteiger partial charge in [-0.25, -0.2) is 0 Å². The Morgan fingerprint density at radius 3 is 2.75 bits per heavy atom. The molecular weight excluding hydrogens is 238 g/mol. The van der Waals surface area contributed by atoms with Crippen LogP contribution >= 0.6 is 22.9 Å². The molecule has 1 aromatic heterocycles. The van der Waals surface area contributed by atoms with Gasteiger partial charge in [0, 0.05) is 20.8 Å². The Morgan fingerprint density at radius 1 is 1.25 bits per heavy atom. The number of benzene rings is 1. The first-order valence-electron chi connectivity index (χ1n) is 5.23. The van der Waals surface area contributed by atoms with Crippen LogP contribution in [-0.4, -0.2) is 7.05 Å². The Bertz CT molecular complexity index is 478. The highest BCUT2D eigenvalue weighted by atomic mass is 35.5. The predicted molar refractivity (Wildman–Crippen MR) is 72.2 cm³/mol. The van der Waals surface area contributed by atoms with E-state index in [-0.39, 0.29) is 0 Å². The summed E-state index contributed by atoms with van der Waals surface area (Å²) in [6.45, 7) is 2.16. The Hall–Kier alpha value is -0.830. The fraction of sp³-hybridized carbons (Fsp3) is 0.231. The van der Waals surface area contributed by atoms with Crippen LogP contribution in [0.2, 0.25) is 5.02 Å². The minimum atomic E-state index is 0.401. The summed E-state index contributed by atoms with van der Waals surface area (Å²) in [6.07, 6.45) is 0. The van der Waals surface area contributed by atoms with E-state index in [0.29, 0.717) is 6.04 Å². The van der Waals surface area contributed by atoms with Gasteiger partial charge in [0.2, 0.25) is 0 Å². The maximum atomic E-state index is 5.98. The van der Waals surface area contributed by atoms with Crippen LogP contribution in [0.25, 0.3) is 10.4 Å². The van der Waals surface area contributed by atoms with Crippen LogP contribution < -0.4 is 5.32 Å². The van der Waals surface area contributed by atoms with Crippen molar-refractivity contribution < 1.29 is 0 Å². The van der Waals surface area contributed by atoms with Gasteiger partial charge in [-0.3, -0.25) is 0 Å². The quantitative estimate of drug-likeness (QED) is 0.855. The molecule has 2 rings (SSSR count). The lowest BCUT2D eigenvalue weighted by molar-refractivity contribution is 0.664. The molecule has 0 spiro atoms. The van der Waals surface area contributed by atoms with Gasteiger partial charge in [0.15, 0.2) is 0 Å². The van der Waals surface area contributed by atoms with Gasteiger partial charge in [0.1, 0.15) is 0 Å². The van der Waals surface area contributed by atoms with Gasteiger partial charge in [-0.1, -0.05) is 23.7 Å². The van der Waals surface area contributed by atoms with Crippen LogP contribution in [0.15, 0.2) is 36.4 Å². The molecule has 0 saturated carbocycles. The predicted octanol–water partition coefficient (Wildman–Crippen LogP) is 4.35. The Balaban J connectivity index is 2.31. The van der Waals surface area contributed by atoms with E-state index in [1.807, 2.05) is 25.2 Å². The molecule has 84 valence electrons. The van der Waals surface area contributed by atoms with Gasteiger partial charge in [0.25, 0.3) is 0 Å². The fourth-order valence-corrected chi connectivity index (χ4v) is 2.78. The molecule has 0 aliphatic rings. The molecule has 0 saturated heterocycles. The van der Waals surface area contributed by atoms with Gasteiger partial charge in [-0.2, -0.15) is 0 Å². The molecule has 0 bridgehead atoms. The van der Waals surface area contributed by atoms with E-state index in [1.54, 1.807) is 11.3 Å². The Labute approximate surface area is 105 Å². The molecule has 1 atom stereocenters. The molecule has 1 N–H and O–H groups in total. The first kappa shape index (κ1) is 11.6. The van der Waals surface area contributed by atoms with E-state index in [9.17, 15) is 0 Å². The third-order valence-corrected chi connectivity index (χ3v) is 4.15. The monoisotopic (exact) mass is 251 g/mol. The molecular formula is C13H14ClNS. The summed E-state index contributed by atoms with van der Waals surface area (Å²) in [5, 5.41) is 4.03. The zero-order valence-electron chi connectivity index (χ0n) is 9.33. The normalized spacial score (nSPS) is 12.7. The minimum Gasteiger partial charge on any atom is -0.313 e. The van der Waals surface area contributed by atoms with Crippen molar-refractivity contribution in [3.8, 4) is 10.4 Å². The third-order valence-electron chi connectivity index (χ3n) is 2.60. The summed E-state index contributed by atoms with van der Waals surface area (Å²) < 4.78 is 0. The summed E-state index contributed by atoms with van der Waals surface area (Å²) in [4.78, 5) is 2.61. The lowest BCUT2D eigenvalue weighted by Crippen LogP contribution is -2.10. The highest BCUT2D eigenvalue weighted by Crippen LogP contribution is 2.32. The van der Waals surface area contributed by atoms with E-state index in [0.717, 1.165) is 5.02 Å². The van der Waals surface area contributed by atoms with Crippen molar-refractivity contribution >= 4 is 22.9 Å². The second kappa shape index (κ2) is 5.00. The van der Waals surface area contributed by atoms with Crippen molar-refractivity contribution in [2.45, 2.75) is 13.0 Å². The average molecular weight is 252 g/mol. The molecule has 1 nitrogen and oxygen atoms in total. The number of halogens is 1. The summed E-state index contributed by atoms with van der Waals surface area (Å²) in [5.41, 5.74) is 1.19. The van der Waals surface area contributed by atoms with E-state index >= 15 is 0 Å². The second-order valence-corrected chi connectivity index (χ2v) is 5.27. The first-order valence-corrected chi connectivity index (χ1v) is 6.43. The van der Waals surface area contributed by atoms with Gasteiger partial charge in [-0.15, -0.1) is 11.3 Å². The molecule has 16 heavy (non-hydrogen) atoms. The zero-order chi connectivity index (χ0) is 11.5. The van der Waals surface area contributed by atoms with Crippen LogP contribution in [0.4, 0.5) is 0 Å². The number of nitrogens with one attached hydrogen (secondary N) is 1. The van der Waals surface area contributed by atoms with Crippen molar-refractivity contribution in [1.82, 2.24) is 5.32 Å². The second-order valence-electron chi connectivity index (χ2n) is 3.72. The summed E-state index contributed by atoms with van der Waals surface area (Å²) in [5.74, 6) is 0. The van der Waals surface area contributed by atoms with Gasteiger partial charge in [0.05, 0.1) is 0 Å². The Morgan fingerprint density at radius 2 is 2.06 bits per heavy atom. The zero-order valence-corrected chi connectivity index (χ0v) is 10.9. The Kier molecular flexibility index (Phi) is 3.64. The lowest BCUT2D eigenvalue weighted by Gasteiger charge is -2.05. The topological polar surface area (TPSA) is 12.0 Å². The fourth-order valence-electron chi connectivity index (χ4n) is 1.52. The summed E-state index contributed by atoms with van der Waals surface area (Å²) in [6, 6.07) is 12.7. The number of hydrogen-bond acceptors (Lipinski definition) is 2. The minimum absolute atomic E-state index is 0.401. The van der Waals surface area contributed by atoms with E-state index in [2.05, 4.69) is 30.4 Å². The molecule has 1 aromatic carbocycles. The summed E-state index contributed by atoms with van der Waals surface area (Å²) >= 11 is 7.79. The van der Waals surface area contributed by atoms with E-state index in [1.165, 1.54) is 15.3 Å². The lowest BCUT2D eigenvalue weighted by atomic mass is 10.2. The molecule has 0 fully saturated rings. The van der Waals surface area contributed by atoms with Crippen molar-refractivity contribution in [3.05, 3.63) is 46.3 Å². The van der Waals surface area contributed by atoms with Gasteiger partial charge in [-0.05, 0) is 43.8 Å². The highest BCUT2D eigenvalue weighted by molar-refractivity contribution is 7.15. The molecule has 1 heterocycles. The first-order chi connectivity index (χ1) is 7.70. The number of rotatable bonds is 3. The van der Waals surface area contributed by atoms with Crippen molar-refractivity contribution in [3.63, 3.8) is 0 Å². The summed E-state index contributed by atoms with van der Waals surface area (Å²) in [7, 11) is 1.98. The molecule has 0 radical (unpaired) electrons. The molecule has 2 aromatic rings. The van der Waals surface area contributed by atoms with E-state index in [4.69, 9.17) is 11.6 Å². The van der Waals surface area contributed by atoms with Gasteiger partial charge < -0.3 is 5.32 Å². The van der Waals surface area contributed by atoms with Crippen LogP contribution in [0.1, 0.15) is 17.8 Å². The van der Waals surface area contributed by atoms with Crippen LogP contribution in [-0.2, 0) is 0 Å². The molecule has 1 unspecified atom stereocenters. The van der Waals surface area contributed by atoms with Crippen LogP contribution in [0, 0.1) is 0 Å². The number of thiophene rings is 1. The van der Waals surface area contributed by atoms with E-state index < -0.39 is 0 Å². The van der Waals surface area contributed by atoms with Crippen LogP contribution in [0.5, 0.6) is 0 Å². The van der Waals surface area contributed by atoms with Gasteiger partial charge >= 0.3 is 0 Å². The largest absolute Gasteiger partial charge is 0.313 e. The maximum Gasteiger partial charge on any atom is 0.0412 e. The highest BCUT2D eigenvalue weighted by Gasteiger charge is 2.07. The molecule has 0 aliphatic carbocycles. The average Bonchev–Trinajstić information content (AvgIpc) is 2.77. The number of hydrogen-bond donors (Lipinski definition) is 1. The third kappa shape index (κ3) is 2.46.